The zero-order valence-electron chi connectivity index (χ0n) is 15.8. The van der Waals surface area contributed by atoms with Crippen LogP contribution >= 0.6 is 7.60 Å². The Balaban J connectivity index is 1.63. The van der Waals surface area contributed by atoms with Gasteiger partial charge in [0.1, 0.15) is 18.2 Å². The normalized spacial score (nSPS) is 13.0. The van der Waals surface area contributed by atoms with E-state index in [0.717, 1.165) is 6.42 Å². The topological polar surface area (TPSA) is 122 Å². The Morgan fingerprint density at radius 1 is 1.21 bits per heavy atom. The van der Waals surface area contributed by atoms with Gasteiger partial charge in [-0.15, -0.1) is 0 Å². The first-order chi connectivity index (χ1) is 13.3. The molecule has 2 aromatic heterocycles. The molecule has 0 aliphatic carbocycles. The van der Waals surface area contributed by atoms with E-state index >= 15 is 0 Å². The van der Waals surface area contributed by atoms with Gasteiger partial charge in [0.2, 0.25) is 0 Å². The Morgan fingerprint density at radius 2 is 1.96 bits per heavy atom. The third kappa shape index (κ3) is 5.59. The lowest BCUT2D eigenvalue weighted by Crippen LogP contribution is -2.17. The largest absolute Gasteiger partial charge is 0.368 e. The molecule has 1 aromatic carbocycles. The van der Waals surface area contributed by atoms with Crippen LogP contribution in [-0.4, -0.2) is 48.3 Å². The van der Waals surface area contributed by atoms with E-state index in [2.05, 4.69) is 51.5 Å². The summed E-state index contributed by atoms with van der Waals surface area (Å²) in [5.74, 6) is 0.652. The minimum absolute atomic E-state index is 0.371. The van der Waals surface area contributed by atoms with Gasteiger partial charge in [-0.2, -0.15) is 0 Å². The zero-order chi connectivity index (χ0) is 20.1. The van der Waals surface area contributed by atoms with Gasteiger partial charge in [0.15, 0.2) is 11.5 Å². The van der Waals surface area contributed by atoms with E-state index in [-0.39, 0.29) is 0 Å². The van der Waals surface area contributed by atoms with Crippen molar-refractivity contribution >= 4 is 24.6 Å². The molecule has 0 saturated heterocycles. The van der Waals surface area contributed by atoms with Crippen molar-refractivity contribution < 1.29 is 19.1 Å². The quantitative estimate of drug-likeness (QED) is 0.464. The van der Waals surface area contributed by atoms with E-state index in [4.69, 9.17) is 14.5 Å². The predicted molar refractivity (Wildman–Crippen MR) is 106 cm³/mol. The number of rotatable bonds is 9. The van der Waals surface area contributed by atoms with Crippen molar-refractivity contribution in [3.05, 3.63) is 48.0 Å². The molecule has 3 rings (SSSR count). The maximum Gasteiger partial charge on any atom is 0.350 e. The fraction of sp³-hybridized carbons (Fsp3) is 0.389. The molecule has 28 heavy (non-hydrogen) atoms. The molecule has 2 heterocycles. The maximum absolute atomic E-state index is 10.9. The highest BCUT2D eigenvalue weighted by atomic mass is 31.2. The molecule has 150 valence electrons. The van der Waals surface area contributed by atoms with Crippen molar-refractivity contribution in [3.8, 4) is 0 Å². The van der Waals surface area contributed by atoms with Crippen LogP contribution < -0.4 is 5.32 Å². The highest BCUT2D eigenvalue weighted by Gasteiger charge is 2.17. The average Bonchev–Trinajstić information content (AvgIpc) is 3.05. The van der Waals surface area contributed by atoms with E-state index in [0.29, 0.717) is 30.1 Å². The number of aromatic nitrogens is 4. The fourth-order valence-electron chi connectivity index (χ4n) is 2.78. The lowest BCUT2D eigenvalue weighted by atomic mass is 10.1. The molecule has 9 nitrogen and oxygen atoms in total. The molecule has 0 aliphatic heterocycles. The van der Waals surface area contributed by atoms with E-state index in [9.17, 15) is 4.57 Å². The first kappa shape index (κ1) is 20.4. The summed E-state index contributed by atoms with van der Waals surface area (Å²) in [6.45, 7) is 4.89. The van der Waals surface area contributed by atoms with Crippen LogP contribution in [0.5, 0.6) is 0 Å². The second-order valence-electron chi connectivity index (χ2n) is 6.72. The third-order valence-electron chi connectivity index (χ3n) is 4.21. The average molecular weight is 405 g/mol. The molecule has 0 amide bonds. The molecule has 0 saturated carbocycles. The number of nitrogens with one attached hydrogen (secondary N) is 1. The van der Waals surface area contributed by atoms with Crippen molar-refractivity contribution in [2.24, 2.45) is 0 Å². The van der Waals surface area contributed by atoms with Gasteiger partial charge in [-0.3, -0.25) is 4.57 Å². The summed E-state index contributed by atoms with van der Waals surface area (Å²) < 4.78 is 17.9. The number of ether oxygens (including phenoxy) is 1. The van der Waals surface area contributed by atoms with Crippen molar-refractivity contribution in [1.29, 1.82) is 0 Å². The van der Waals surface area contributed by atoms with Gasteiger partial charge in [-0.25, -0.2) is 15.0 Å². The van der Waals surface area contributed by atoms with Crippen LogP contribution in [0, 0.1) is 6.92 Å². The smallest absolute Gasteiger partial charge is 0.350 e. The first-order valence-corrected chi connectivity index (χ1v) is 10.7. The van der Waals surface area contributed by atoms with Gasteiger partial charge in [0.25, 0.3) is 0 Å². The SMILES string of the molecule is Cc1ccc(CCNc2ncnc3c2ncn3C[C@@H](C)OCP(=O)(O)O)cc1. The van der Waals surface area contributed by atoms with Gasteiger partial charge in [-0.05, 0) is 25.8 Å². The van der Waals surface area contributed by atoms with E-state index < -0.39 is 20.0 Å². The molecule has 0 aliphatic rings. The van der Waals surface area contributed by atoms with E-state index in [1.165, 1.54) is 17.5 Å². The number of hydrogen-bond acceptors (Lipinski definition) is 6. The number of fused-ring (bicyclic) bond motifs is 1. The summed E-state index contributed by atoms with van der Waals surface area (Å²) in [5, 5.41) is 3.30. The third-order valence-corrected chi connectivity index (χ3v) is 4.69. The Kier molecular flexibility index (Phi) is 6.41. The minimum Gasteiger partial charge on any atom is -0.368 e. The minimum atomic E-state index is -4.19. The molecule has 0 fully saturated rings. The molecule has 0 spiro atoms. The summed E-state index contributed by atoms with van der Waals surface area (Å²) in [6.07, 6.45) is 2.94. The van der Waals surface area contributed by atoms with Crippen LogP contribution in [0.15, 0.2) is 36.9 Å². The molecule has 3 aromatic rings. The van der Waals surface area contributed by atoms with Crippen LogP contribution in [0.25, 0.3) is 11.2 Å². The molecular formula is C18H24N5O4P. The van der Waals surface area contributed by atoms with Gasteiger partial charge in [0, 0.05) is 6.54 Å². The number of aryl methyl sites for hydroxylation is 1. The second-order valence-corrected chi connectivity index (χ2v) is 8.31. The number of hydrogen-bond donors (Lipinski definition) is 3. The molecule has 0 unspecified atom stereocenters. The molecule has 0 radical (unpaired) electrons. The van der Waals surface area contributed by atoms with Crippen LogP contribution in [0.2, 0.25) is 0 Å². The van der Waals surface area contributed by atoms with Gasteiger partial charge in [-0.1, -0.05) is 29.8 Å². The standard InChI is InChI=1S/C18H24N5O4P/c1-13-3-5-15(6-4-13)7-8-19-17-16-18(21-10-20-17)23(11-22-16)9-14(2)27-12-28(24,25)26/h3-6,10-11,14H,7-9,12H2,1-2H3,(H,19,20,21)(H2,24,25,26)/t14-/m1/s1. The lowest BCUT2D eigenvalue weighted by Gasteiger charge is -2.14. The van der Waals surface area contributed by atoms with Gasteiger partial charge >= 0.3 is 7.60 Å². The number of imidazole rings is 1. The number of nitrogens with zero attached hydrogens (tertiary/aromatic N) is 4. The Morgan fingerprint density at radius 3 is 2.68 bits per heavy atom. The Labute approximate surface area is 163 Å². The lowest BCUT2D eigenvalue weighted by molar-refractivity contribution is 0.0764. The summed E-state index contributed by atoms with van der Waals surface area (Å²) in [5.41, 5.74) is 3.76. The zero-order valence-corrected chi connectivity index (χ0v) is 16.7. The molecule has 0 bridgehead atoms. The van der Waals surface area contributed by atoms with Crippen molar-refractivity contribution in [2.45, 2.75) is 32.9 Å². The summed E-state index contributed by atoms with van der Waals surface area (Å²) in [7, 11) is -4.19. The summed E-state index contributed by atoms with van der Waals surface area (Å²) in [6, 6.07) is 8.41. The van der Waals surface area contributed by atoms with Crippen molar-refractivity contribution in [1.82, 2.24) is 19.5 Å². The Bertz CT molecular complexity index is 970. The van der Waals surface area contributed by atoms with E-state index in [1.807, 2.05) is 0 Å². The fourth-order valence-corrected chi connectivity index (χ4v) is 3.23. The highest BCUT2D eigenvalue weighted by Crippen LogP contribution is 2.34. The monoisotopic (exact) mass is 405 g/mol. The molecule has 1 atom stereocenters. The van der Waals surface area contributed by atoms with Crippen LogP contribution in [0.1, 0.15) is 18.1 Å². The molecule has 10 heteroatoms. The summed E-state index contributed by atoms with van der Waals surface area (Å²) in [4.78, 5) is 30.8. The van der Waals surface area contributed by atoms with Crippen LogP contribution in [-0.2, 0) is 22.3 Å². The van der Waals surface area contributed by atoms with Crippen LogP contribution in [0.4, 0.5) is 5.82 Å². The van der Waals surface area contributed by atoms with Gasteiger partial charge in [0.05, 0.1) is 19.0 Å². The van der Waals surface area contributed by atoms with Crippen molar-refractivity contribution in [3.63, 3.8) is 0 Å². The van der Waals surface area contributed by atoms with E-state index in [1.54, 1.807) is 17.8 Å². The molecular weight excluding hydrogens is 381 g/mol. The maximum atomic E-state index is 10.9. The molecule has 3 N–H and O–H groups in total. The second kappa shape index (κ2) is 8.79. The number of benzene rings is 1. The number of anilines is 1. The highest BCUT2D eigenvalue weighted by molar-refractivity contribution is 7.51. The Hall–Kier alpha value is -2.32. The summed E-state index contributed by atoms with van der Waals surface area (Å²) >= 11 is 0. The van der Waals surface area contributed by atoms with Gasteiger partial charge < -0.3 is 24.4 Å². The van der Waals surface area contributed by atoms with Crippen molar-refractivity contribution in [2.75, 3.05) is 18.2 Å². The first-order valence-electron chi connectivity index (χ1n) is 8.93. The van der Waals surface area contributed by atoms with Crippen LogP contribution in [0.3, 0.4) is 0 Å². The predicted octanol–water partition coefficient (Wildman–Crippen LogP) is 2.33.